The predicted octanol–water partition coefficient (Wildman–Crippen LogP) is 3.18. The zero-order valence-electron chi connectivity index (χ0n) is 10.4. The average Bonchev–Trinajstić information content (AvgIpc) is 2.85. The Bertz CT molecular complexity index is 446. The maximum absolute atomic E-state index is 5.75. The first-order chi connectivity index (χ1) is 8.33. The first kappa shape index (κ1) is 11.9. The highest BCUT2D eigenvalue weighted by Crippen LogP contribution is 2.20. The first-order valence-corrected chi connectivity index (χ1v) is 6.06. The smallest absolute Gasteiger partial charge is 0.209 e. The summed E-state index contributed by atoms with van der Waals surface area (Å²) in [6.07, 6.45) is 1.80. The number of oxazole rings is 1. The zero-order valence-corrected chi connectivity index (χ0v) is 10.4. The highest BCUT2D eigenvalue weighted by molar-refractivity contribution is 5.55. The van der Waals surface area contributed by atoms with E-state index < -0.39 is 0 Å². The lowest BCUT2D eigenvalue weighted by atomic mass is 10.2. The second kappa shape index (κ2) is 5.64. The first-order valence-electron chi connectivity index (χ1n) is 6.06. The molecule has 0 amide bonds. The van der Waals surface area contributed by atoms with Crippen LogP contribution in [-0.4, -0.2) is 23.0 Å². The molecule has 1 heterocycles. The van der Waals surface area contributed by atoms with Gasteiger partial charge in [-0.25, -0.2) is 4.98 Å². The second-order valence-corrected chi connectivity index (χ2v) is 3.95. The Morgan fingerprint density at radius 2 is 1.82 bits per heavy atom. The van der Waals surface area contributed by atoms with Crippen LogP contribution in [0.3, 0.4) is 0 Å². The van der Waals surface area contributed by atoms with Crippen molar-refractivity contribution >= 4 is 0 Å². The van der Waals surface area contributed by atoms with Crippen molar-refractivity contribution in [3.05, 3.63) is 42.4 Å². The van der Waals surface area contributed by atoms with Crippen molar-refractivity contribution in [3.63, 3.8) is 0 Å². The summed E-state index contributed by atoms with van der Waals surface area (Å²) >= 11 is 0. The fourth-order valence-electron chi connectivity index (χ4n) is 1.76. The molecule has 1 aromatic heterocycles. The van der Waals surface area contributed by atoms with E-state index in [4.69, 9.17) is 4.42 Å². The van der Waals surface area contributed by atoms with Crippen LogP contribution in [-0.2, 0) is 6.54 Å². The molecule has 0 saturated carbocycles. The highest BCUT2D eigenvalue weighted by atomic mass is 16.4. The van der Waals surface area contributed by atoms with Gasteiger partial charge in [0.15, 0.2) is 5.76 Å². The van der Waals surface area contributed by atoms with Gasteiger partial charge in [0.1, 0.15) is 0 Å². The third kappa shape index (κ3) is 2.94. The van der Waals surface area contributed by atoms with Crippen molar-refractivity contribution in [2.24, 2.45) is 0 Å². The van der Waals surface area contributed by atoms with Crippen LogP contribution >= 0.6 is 0 Å². The minimum atomic E-state index is 0.778. The maximum atomic E-state index is 5.75. The van der Waals surface area contributed by atoms with E-state index >= 15 is 0 Å². The van der Waals surface area contributed by atoms with Gasteiger partial charge in [-0.3, -0.25) is 4.90 Å². The van der Waals surface area contributed by atoms with Crippen molar-refractivity contribution in [1.82, 2.24) is 9.88 Å². The molecule has 0 N–H and O–H groups in total. The Labute approximate surface area is 102 Å². The zero-order chi connectivity index (χ0) is 12.1. The van der Waals surface area contributed by atoms with Gasteiger partial charge in [0.05, 0.1) is 12.7 Å². The van der Waals surface area contributed by atoms with Crippen LogP contribution in [0.2, 0.25) is 0 Å². The largest absolute Gasteiger partial charge is 0.439 e. The molecule has 0 spiro atoms. The van der Waals surface area contributed by atoms with Crippen molar-refractivity contribution in [2.45, 2.75) is 20.4 Å². The van der Waals surface area contributed by atoms with Gasteiger partial charge in [0.25, 0.3) is 0 Å². The molecule has 0 aliphatic rings. The summed E-state index contributed by atoms with van der Waals surface area (Å²) in [6.45, 7) is 7.09. The van der Waals surface area contributed by atoms with Crippen molar-refractivity contribution < 1.29 is 4.42 Å². The standard InChI is InChI=1S/C14H18N2O/c1-3-16(4-2)11-14-15-10-13(17-14)12-8-6-5-7-9-12/h5-10H,3-4,11H2,1-2H3. The van der Waals surface area contributed by atoms with Crippen molar-refractivity contribution in [1.29, 1.82) is 0 Å². The molecular weight excluding hydrogens is 212 g/mol. The quantitative estimate of drug-likeness (QED) is 0.790. The molecule has 3 heteroatoms. The van der Waals surface area contributed by atoms with Gasteiger partial charge in [0, 0.05) is 5.56 Å². The lowest BCUT2D eigenvalue weighted by Crippen LogP contribution is -2.22. The molecule has 2 rings (SSSR count). The van der Waals surface area contributed by atoms with Gasteiger partial charge in [-0.15, -0.1) is 0 Å². The molecule has 2 aromatic rings. The third-order valence-corrected chi connectivity index (χ3v) is 2.87. The van der Waals surface area contributed by atoms with E-state index in [1.165, 1.54) is 0 Å². The number of hydrogen-bond donors (Lipinski definition) is 0. The monoisotopic (exact) mass is 230 g/mol. The highest BCUT2D eigenvalue weighted by Gasteiger charge is 2.08. The molecule has 3 nitrogen and oxygen atoms in total. The molecule has 0 aliphatic carbocycles. The Morgan fingerprint density at radius 1 is 1.12 bits per heavy atom. The van der Waals surface area contributed by atoms with Crippen LogP contribution in [0.15, 0.2) is 40.9 Å². The fraction of sp³-hybridized carbons (Fsp3) is 0.357. The van der Waals surface area contributed by atoms with E-state index in [2.05, 4.69) is 23.7 Å². The van der Waals surface area contributed by atoms with E-state index in [1.807, 2.05) is 30.3 Å². The number of aromatic nitrogens is 1. The van der Waals surface area contributed by atoms with Gasteiger partial charge in [-0.1, -0.05) is 44.2 Å². The van der Waals surface area contributed by atoms with E-state index in [0.717, 1.165) is 36.8 Å². The molecule has 0 atom stereocenters. The fourth-order valence-corrected chi connectivity index (χ4v) is 1.76. The van der Waals surface area contributed by atoms with Gasteiger partial charge < -0.3 is 4.42 Å². The van der Waals surface area contributed by atoms with Crippen LogP contribution in [0.25, 0.3) is 11.3 Å². The molecule has 0 unspecified atom stereocenters. The average molecular weight is 230 g/mol. The minimum absolute atomic E-state index is 0.778. The van der Waals surface area contributed by atoms with Gasteiger partial charge in [0.2, 0.25) is 5.89 Å². The Hall–Kier alpha value is -1.61. The number of hydrogen-bond acceptors (Lipinski definition) is 3. The summed E-state index contributed by atoms with van der Waals surface area (Å²) in [5.74, 6) is 1.63. The maximum Gasteiger partial charge on any atom is 0.209 e. The Morgan fingerprint density at radius 3 is 2.47 bits per heavy atom. The van der Waals surface area contributed by atoms with Gasteiger partial charge in [-0.05, 0) is 13.1 Å². The van der Waals surface area contributed by atoms with E-state index in [-0.39, 0.29) is 0 Å². The van der Waals surface area contributed by atoms with Crippen LogP contribution < -0.4 is 0 Å². The normalized spacial score (nSPS) is 11.0. The number of nitrogens with zero attached hydrogens (tertiary/aromatic N) is 2. The summed E-state index contributed by atoms with van der Waals surface area (Å²) in [6, 6.07) is 10.1. The summed E-state index contributed by atoms with van der Waals surface area (Å²) in [5.41, 5.74) is 1.07. The van der Waals surface area contributed by atoms with E-state index in [0.29, 0.717) is 0 Å². The second-order valence-electron chi connectivity index (χ2n) is 3.95. The van der Waals surface area contributed by atoms with Crippen LogP contribution in [0, 0.1) is 0 Å². The molecular formula is C14H18N2O. The molecule has 1 aromatic carbocycles. The van der Waals surface area contributed by atoms with Crippen LogP contribution in [0.1, 0.15) is 19.7 Å². The summed E-state index contributed by atoms with van der Waals surface area (Å²) in [7, 11) is 0. The van der Waals surface area contributed by atoms with Crippen molar-refractivity contribution in [3.8, 4) is 11.3 Å². The molecule has 17 heavy (non-hydrogen) atoms. The van der Waals surface area contributed by atoms with E-state index in [1.54, 1.807) is 6.20 Å². The third-order valence-electron chi connectivity index (χ3n) is 2.87. The lowest BCUT2D eigenvalue weighted by molar-refractivity contribution is 0.264. The van der Waals surface area contributed by atoms with Crippen LogP contribution in [0.4, 0.5) is 0 Å². The molecule has 0 bridgehead atoms. The lowest BCUT2D eigenvalue weighted by Gasteiger charge is -2.14. The van der Waals surface area contributed by atoms with Crippen LogP contribution in [0.5, 0.6) is 0 Å². The van der Waals surface area contributed by atoms with Crippen molar-refractivity contribution in [2.75, 3.05) is 13.1 Å². The molecule has 0 radical (unpaired) electrons. The number of rotatable bonds is 5. The molecule has 0 saturated heterocycles. The predicted molar refractivity (Wildman–Crippen MR) is 68.6 cm³/mol. The molecule has 0 fully saturated rings. The Kier molecular flexibility index (Phi) is 3.94. The number of benzene rings is 1. The molecule has 0 aliphatic heterocycles. The summed E-state index contributed by atoms with van der Waals surface area (Å²) in [5, 5.41) is 0. The summed E-state index contributed by atoms with van der Waals surface area (Å²) < 4.78 is 5.75. The Balaban J connectivity index is 2.11. The van der Waals surface area contributed by atoms with E-state index in [9.17, 15) is 0 Å². The topological polar surface area (TPSA) is 29.3 Å². The van der Waals surface area contributed by atoms with Gasteiger partial charge >= 0.3 is 0 Å². The SMILES string of the molecule is CCN(CC)Cc1ncc(-c2ccccc2)o1. The van der Waals surface area contributed by atoms with Gasteiger partial charge in [-0.2, -0.15) is 0 Å². The molecule has 90 valence electrons. The summed E-state index contributed by atoms with van der Waals surface area (Å²) in [4.78, 5) is 6.60. The minimum Gasteiger partial charge on any atom is -0.439 e.